The van der Waals surface area contributed by atoms with Gasteiger partial charge in [0, 0.05) is 35.4 Å². The van der Waals surface area contributed by atoms with Crippen LogP contribution in [0.5, 0.6) is 0 Å². The summed E-state index contributed by atoms with van der Waals surface area (Å²) in [7, 11) is 0. The van der Waals surface area contributed by atoms with Gasteiger partial charge in [0.15, 0.2) is 0 Å². The predicted octanol–water partition coefficient (Wildman–Crippen LogP) is 5.07. The van der Waals surface area contributed by atoms with Crippen LogP contribution in [0.1, 0.15) is 63.6 Å². The maximum Gasteiger partial charge on any atom is 0.267 e. The van der Waals surface area contributed by atoms with Crippen molar-refractivity contribution in [3.63, 3.8) is 0 Å². The zero-order chi connectivity index (χ0) is 21.1. The van der Waals surface area contributed by atoms with Gasteiger partial charge in [-0.25, -0.2) is 0 Å². The first-order valence-electron chi connectivity index (χ1n) is 10.4. The summed E-state index contributed by atoms with van der Waals surface area (Å²) < 4.78 is 3.96. The number of amides is 1. The van der Waals surface area contributed by atoms with E-state index in [1.54, 1.807) is 0 Å². The highest BCUT2D eigenvalue weighted by molar-refractivity contribution is 7.08. The molecule has 0 spiro atoms. The lowest BCUT2D eigenvalue weighted by Gasteiger charge is -2.31. The van der Waals surface area contributed by atoms with E-state index in [4.69, 9.17) is 16.6 Å². The average molecular weight is 441 g/mol. The number of hydrogen-bond acceptors (Lipinski definition) is 5. The molecule has 1 fully saturated rings. The molecule has 0 atom stereocenters. The van der Waals surface area contributed by atoms with Gasteiger partial charge in [-0.05, 0) is 79.5 Å². The number of likely N-dealkylation sites (tertiary alicyclic amines) is 1. The summed E-state index contributed by atoms with van der Waals surface area (Å²) in [6.45, 7) is 5.54. The van der Waals surface area contributed by atoms with Gasteiger partial charge in [0.25, 0.3) is 5.91 Å². The molecule has 4 rings (SSSR count). The number of carbonyl (C=O) groups excluding carboxylic acids is 1. The SMILES string of the molecule is CCc1nnsc1C(=O)N1CCC(c2cc(Cc3ccc(Cl)cc3)cc(C)n2)CC1. The molecule has 156 valence electrons. The Hall–Kier alpha value is -2.31. The van der Waals surface area contributed by atoms with E-state index in [1.807, 2.05) is 24.0 Å². The number of piperidine rings is 1. The summed E-state index contributed by atoms with van der Waals surface area (Å²) in [5.41, 5.74) is 5.49. The summed E-state index contributed by atoms with van der Waals surface area (Å²) in [6.07, 6.45) is 3.45. The van der Waals surface area contributed by atoms with Crippen LogP contribution >= 0.6 is 23.1 Å². The summed E-state index contributed by atoms with van der Waals surface area (Å²) in [4.78, 5) is 20.3. The molecule has 0 bridgehead atoms. The Morgan fingerprint density at radius 3 is 2.60 bits per heavy atom. The number of pyridine rings is 1. The number of halogens is 1. The van der Waals surface area contributed by atoms with Gasteiger partial charge in [-0.3, -0.25) is 9.78 Å². The third kappa shape index (κ3) is 4.71. The second kappa shape index (κ2) is 9.23. The molecule has 1 saturated heterocycles. The van der Waals surface area contributed by atoms with E-state index >= 15 is 0 Å². The largest absolute Gasteiger partial charge is 0.338 e. The van der Waals surface area contributed by atoms with Crippen molar-refractivity contribution in [2.24, 2.45) is 0 Å². The molecular formula is C23H25ClN4OS. The van der Waals surface area contributed by atoms with E-state index in [1.165, 1.54) is 22.7 Å². The number of rotatable bonds is 5. The van der Waals surface area contributed by atoms with Crippen LogP contribution < -0.4 is 0 Å². The number of benzene rings is 1. The van der Waals surface area contributed by atoms with E-state index in [9.17, 15) is 4.79 Å². The third-order valence-corrected chi connectivity index (χ3v) is 6.65. The number of aromatic nitrogens is 3. The molecule has 0 unspecified atom stereocenters. The Labute approximate surface area is 186 Å². The van der Waals surface area contributed by atoms with Gasteiger partial charge >= 0.3 is 0 Å². The number of hydrogen-bond donors (Lipinski definition) is 0. The van der Waals surface area contributed by atoms with Crippen molar-refractivity contribution in [3.05, 3.63) is 74.5 Å². The molecule has 0 aliphatic carbocycles. The van der Waals surface area contributed by atoms with Crippen LogP contribution in [0.25, 0.3) is 0 Å². The minimum Gasteiger partial charge on any atom is -0.338 e. The lowest BCUT2D eigenvalue weighted by Crippen LogP contribution is -2.38. The maximum absolute atomic E-state index is 12.9. The molecule has 3 aromatic rings. The van der Waals surface area contributed by atoms with Crippen LogP contribution in [0.2, 0.25) is 5.02 Å². The van der Waals surface area contributed by atoms with Crippen LogP contribution in [0, 0.1) is 6.92 Å². The summed E-state index contributed by atoms with van der Waals surface area (Å²) >= 11 is 7.21. The zero-order valence-electron chi connectivity index (χ0n) is 17.3. The second-order valence-electron chi connectivity index (χ2n) is 7.81. The molecule has 3 heterocycles. The highest BCUT2D eigenvalue weighted by atomic mass is 35.5. The van der Waals surface area contributed by atoms with Gasteiger partial charge < -0.3 is 4.90 Å². The highest BCUT2D eigenvalue weighted by Gasteiger charge is 2.28. The van der Waals surface area contributed by atoms with Gasteiger partial charge in [0.1, 0.15) is 4.88 Å². The van der Waals surface area contributed by atoms with Gasteiger partial charge in [0.05, 0.1) is 5.69 Å². The monoisotopic (exact) mass is 440 g/mol. The van der Waals surface area contributed by atoms with Crippen molar-refractivity contribution in [1.29, 1.82) is 0 Å². The minimum atomic E-state index is 0.0703. The quantitative estimate of drug-likeness (QED) is 0.555. The Balaban J connectivity index is 1.43. The molecule has 30 heavy (non-hydrogen) atoms. The van der Waals surface area contributed by atoms with Crippen LogP contribution in [0.15, 0.2) is 36.4 Å². The second-order valence-corrected chi connectivity index (χ2v) is 9.00. The van der Waals surface area contributed by atoms with Crippen LogP contribution in [0.4, 0.5) is 0 Å². The number of carbonyl (C=O) groups is 1. The summed E-state index contributed by atoms with van der Waals surface area (Å²) in [6, 6.07) is 12.4. The molecular weight excluding hydrogens is 416 g/mol. The van der Waals surface area contributed by atoms with Crippen molar-refractivity contribution < 1.29 is 4.79 Å². The lowest BCUT2D eigenvalue weighted by atomic mass is 9.91. The van der Waals surface area contributed by atoms with Crippen LogP contribution in [-0.4, -0.2) is 38.5 Å². The highest BCUT2D eigenvalue weighted by Crippen LogP contribution is 2.29. The fraction of sp³-hybridized carbons (Fsp3) is 0.391. The summed E-state index contributed by atoms with van der Waals surface area (Å²) in [5.74, 6) is 0.448. The fourth-order valence-corrected chi connectivity index (χ4v) is 4.89. The van der Waals surface area contributed by atoms with E-state index in [0.29, 0.717) is 10.8 Å². The molecule has 1 aliphatic heterocycles. The van der Waals surface area contributed by atoms with Crippen molar-refractivity contribution >= 4 is 29.0 Å². The molecule has 1 aliphatic rings. The average Bonchev–Trinajstić information content (AvgIpc) is 3.23. The maximum atomic E-state index is 12.9. The van der Waals surface area contributed by atoms with Crippen molar-refractivity contribution in [2.45, 2.75) is 45.4 Å². The minimum absolute atomic E-state index is 0.0703. The topological polar surface area (TPSA) is 59.0 Å². The predicted molar refractivity (Wildman–Crippen MR) is 120 cm³/mol. The van der Waals surface area contributed by atoms with Gasteiger partial charge in [-0.2, -0.15) is 0 Å². The first-order valence-corrected chi connectivity index (χ1v) is 11.5. The Kier molecular flexibility index (Phi) is 6.44. The first kappa shape index (κ1) is 20.9. The molecule has 1 aromatic carbocycles. The number of nitrogens with zero attached hydrogens (tertiary/aromatic N) is 4. The molecule has 1 amide bonds. The lowest BCUT2D eigenvalue weighted by molar-refractivity contribution is 0.0715. The molecule has 2 aromatic heterocycles. The fourth-order valence-electron chi connectivity index (χ4n) is 4.04. The van der Waals surface area contributed by atoms with E-state index in [0.717, 1.165) is 60.9 Å². The normalized spacial score (nSPS) is 14.8. The summed E-state index contributed by atoms with van der Waals surface area (Å²) in [5, 5.41) is 4.83. The Morgan fingerprint density at radius 2 is 1.90 bits per heavy atom. The van der Waals surface area contributed by atoms with Crippen molar-refractivity contribution in [1.82, 2.24) is 19.5 Å². The zero-order valence-corrected chi connectivity index (χ0v) is 18.8. The standard InChI is InChI=1S/C23H25ClN4OS/c1-3-20-22(30-27-26-20)23(29)28-10-8-18(9-11-28)21-14-17(12-15(2)25-21)13-16-4-6-19(24)7-5-16/h4-7,12,14,18H,3,8-11,13H2,1-2H3. The van der Waals surface area contributed by atoms with E-state index < -0.39 is 0 Å². The van der Waals surface area contributed by atoms with Crippen LogP contribution in [0.3, 0.4) is 0 Å². The van der Waals surface area contributed by atoms with E-state index in [2.05, 4.69) is 40.8 Å². The smallest absolute Gasteiger partial charge is 0.267 e. The van der Waals surface area contributed by atoms with Gasteiger partial charge in [-0.1, -0.05) is 35.1 Å². The molecule has 0 radical (unpaired) electrons. The molecule has 5 nitrogen and oxygen atoms in total. The van der Waals surface area contributed by atoms with Crippen molar-refractivity contribution in [3.8, 4) is 0 Å². The van der Waals surface area contributed by atoms with Gasteiger partial charge in [-0.15, -0.1) is 5.10 Å². The van der Waals surface area contributed by atoms with Crippen molar-refractivity contribution in [2.75, 3.05) is 13.1 Å². The molecule has 0 saturated carbocycles. The van der Waals surface area contributed by atoms with Crippen LogP contribution in [-0.2, 0) is 12.8 Å². The van der Waals surface area contributed by atoms with Gasteiger partial charge in [0.2, 0.25) is 0 Å². The third-order valence-electron chi connectivity index (χ3n) is 5.64. The Bertz CT molecular complexity index is 1030. The number of aryl methyl sites for hydroxylation is 2. The first-order chi connectivity index (χ1) is 14.5. The molecule has 0 N–H and O–H groups in total. The van der Waals surface area contributed by atoms with E-state index in [-0.39, 0.29) is 5.91 Å². The molecule has 7 heteroatoms. The Morgan fingerprint density at radius 1 is 1.17 bits per heavy atom.